The van der Waals surface area contributed by atoms with Gasteiger partial charge in [0, 0.05) is 37.1 Å². The summed E-state index contributed by atoms with van der Waals surface area (Å²) in [4.78, 5) is 11.8. The summed E-state index contributed by atoms with van der Waals surface area (Å²) >= 11 is 0. The molecule has 0 amide bonds. The molecule has 0 atom stereocenters. The number of nitrogens with zero attached hydrogens (tertiary/aromatic N) is 1. The molecule has 0 radical (unpaired) electrons. The van der Waals surface area contributed by atoms with Gasteiger partial charge in [-0.2, -0.15) is 0 Å². The number of para-hydroxylation sites is 1. The fraction of sp³-hybridized carbons (Fsp3) is 0.190. The van der Waals surface area contributed by atoms with Crippen LogP contribution in [0.15, 0.2) is 60.7 Å². The van der Waals surface area contributed by atoms with Crippen LogP contribution in [-0.2, 0) is 4.79 Å². The minimum atomic E-state index is -0.836. The molecule has 0 unspecified atom stereocenters. The summed E-state index contributed by atoms with van der Waals surface area (Å²) in [6, 6.07) is 16.4. The first-order valence-electron chi connectivity index (χ1n) is 8.47. The van der Waals surface area contributed by atoms with Gasteiger partial charge in [0.25, 0.3) is 0 Å². The first kappa shape index (κ1) is 25.5. The Morgan fingerprint density at radius 1 is 1.11 bits per heavy atom. The number of anilines is 2. The second-order valence-corrected chi connectivity index (χ2v) is 5.99. The van der Waals surface area contributed by atoms with Crippen LogP contribution in [0, 0.1) is 0 Å². The van der Waals surface area contributed by atoms with E-state index >= 15 is 0 Å². The van der Waals surface area contributed by atoms with Crippen molar-refractivity contribution in [3.63, 3.8) is 0 Å². The number of rotatable bonds is 4. The number of aliphatic carboxylic acids is 1. The monoisotopic (exact) mass is 423 g/mol. The molecule has 0 spiro atoms. The minimum absolute atomic E-state index is 0. The molecular formula is C21H27Cl2N3O2. The highest BCUT2D eigenvalue weighted by Crippen LogP contribution is 2.31. The lowest BCUT2D eigenvalue weighted by molar-refractivity contribution is -0.136. The van der Waals surface area contributed by atoms with Crippen LogP contribution in [0.5, 0.6) is 0 Å². The summed E-state index contributed by atoms with van der Waals surface area (Å²) in [5.41, 5.74) is 16.4. The van der Waals surface area contributed by atoms with Crippen LogP contribution in [0.25, 0.3) is 11.6 Å². The number of halogens is 2. The molecule has 1 aliphatic rings. The smallest absolute Gasteiger partial charge is 0.304 e. The van der Waals surface area contributed by atoms with E-state index in [9.17, 15) is 4.79 Å². The lowest BCUT2D eigenvalue weighted by Gasteiger charge is -2.26. The first-order valence-corrected chi connectivity index (χ1v) is 8.47. The predicted molar refractivity (Wildman–Crippen MR) is 123 cm³/mol. The average molecular weight is 424 g/mol. The zero-order valence-corrected chi connectivity index (χ0v) is 17.4. The highest BCUT2D eigenvalue weighted by Gasteiger charge is 2.13. The van der Waals surface area contributed by atoms with Gasteiger partial charge in [0.1, 0.15) is 0 Å². The zero-order valence-electron chi connectivity index (χ0n) is 15.7. The fourth-order valence-electron chi connectivity index (χ4n) is 2.57. The lowest BCUT2D eigenvalue weighted by atomic mass is 9.98. The van der Waals surface area contributed by atoms with Crippen molar-refractivity contribution < 1.29 is 9.90 Å². The first-order chi connectivity index (χ1) is 12.5. The number of nitrogens with two attached hydrogens (primary N) is 2. The molecule has 152 valence electrons. The topological polar surface area (TPSA) is 92.6 Å². The molecule has 1 heterocycles. The molecular weight excluding hydrogens is 397 g/mol. The van der Waals surface area contributed by atoms with E-state index in [1.54, 1.807) is 0 Å². The number of carbonyl (C=O) groups is 1. The number of hydrogen-bond acceptors (Lipinski definition) is 4. The van der Waals surface area contributed by atoms with Crippen molar-refractivity contribution in [3.8, 4) is 0 Å². The molecule has 0 fully saturated rings. The Morgan fingerprint density at radius 2 is 1.75 bits per heavy atom. The van der Waals surface area contributed by atoms with Crippen molar-refractivity contribution in [2.75, 3.05) is 30.8 Å². The molecule has 0 bridgehead atoms. The number of nitrogen functional groups attached to an aromatic ring is 1. The van der Waals surface area contributed by atoms with Gasteiger partial charge in [-0.05, 0) is 29.3 Å². The standard InChI is InChI=1S/C18H18N2.C3H7NO2.2ClH/c1-20-13-12-15(17-4-2-3-5-18(17)20)9-6-14-7-10-16(19)11-8-14;4-2-1-3(5)6;;/h2-12H,13,19H2,1H3;1-2,4H2,(H,5,6);2*1H. The molecule has 0 saturated carbocycles. The van der Waals surface area contributed by atoms with Gasteiger partial charge in [0.2, 0.25) is 0 Å². The molecule has 3 rings (SSSR count). The van der Waals surface area contributed by atoms with Crippen molar-refractivity contribution in [3.05, 3.63) is 71.8 Å². The molecule has 2 aromatic rings. The maximum Gasteiger partial charge on any atom is 0.304 e. The Bertz CT molecular complexity index is 806. The second kappa shape index (κ2) is 12.8. The van der Waals surface area contributed by atoms with Gasteiger partial charge in [0.05, 0.1) is 6.42 Å². The van der Waals surface area contributed by atoms with Crippen LogP contribution in [0.3, 0.4) is 0 Å². The van der Waals surface area contributed by atoms with Crippen LogP contribution >= 0.6 is 24.8 Å². The van der Waals surface area contributed by atoms with E-state index in [-0.39, 0.29) is 37.8 Å². The molecule has 5 nitrogen and oxygen atoms in total. The molecule has 0 aromatic heterocycles. The summed E-state index contributed by atoms with van der Waals surface area (Å²) in [5.74, 6) is -0.836. The molecule has 28 heavy (non-hydrogen) atoms. The Hall–Kier alpha value is -2.47. The van der Waals surface area contributed by atoms with Crippen LogP contribution in [0.1, 0.15) is 17.5 Å². The Morgan fingerprint density at radius 3 is 2.32 bits per heavy atom. The molecule has 0 saturated heterocycles. The molecule has 5 N–H and O–H groups in total. The maximum absolute atomic E-state index is 9.52. The van der Waals surface area contributed by atoms with Gasteiger partial charge in [-0.3, -0.25) is 4.79 Å². The number of hydrogen-bond donors (Lipinski definition) is 3. The third kappa shape index (κ3) is 7.64. The van der Waals surface area contributed by atoms with Crippen LogP contribution in [-0.4, -0.2) is 31.2 Å². The molecule has 2 aromatic carbocycles. The average Bonchev–Trinajstić information content (AvgIpc) is 2.63. The third-order valence-electron chi connectivity index (χ3n) is 3.96. The Kier molecular flexibility index (Phi) is 11.7. The van der Waals surface area contributed by atoms with Crippen molar-refractivity contribution in [2.45, 2.75) is 6.42 Å². The van der Waals surface area contributed by atoms with Crippen molar-refractivity contribution in [1.82, 2.24) is 0 Å². The van der Waals surface area contributed by atoms with E-state index in [0.717, 1.165) is 17.8 Å². The largest absolute Gasteiger partial charge is 0.481 e. The van der Waals surface area contributed by atoms with Crippen molar-refractivity contribution in [1.29, 1.82) is 0 Å². The van der Waals surface area contributed by atoms with Crippen LogP contribution in [0.4, 0.5) is 11.4 Å². The summed E-state index contributed by atoms with van der Waals surface area (Å²) in [5, 5.41) is 7.83. The number of allylic oxidation sites excluding steroid dienone is 2. The maximum atomic E-state index is 9.52. The molecule has 0 aliphatic carbocycles. The van der Waals surface area contributed by atoms with Crippen LogP contribution < -0.4 is 16.4 Å². The van der Waals surface area contributed by atoms with Gasteiger partial charge in [-0.15, -0.1) is 24.8 Å². The lowest BCUT2D eigenvalue weighted by Crippen LogP contribution is -2.21. The third-order valence-corrected chi connectivity index (χ3v) is 3.96. The summed E-state index contributed by atoms with van der Waals surface area (Å²) in [6.07, 6.45) is 6.64. The van der Waals surface area contributed by atoms with Crippen LogP contribution in [0.2, 0.25) is 0 Å². The molecule has 7 heteroatoms. The van der Waals surface area contributed by atoms with Gasteiger partial charge in [-0.1, -0.05) is 48.6 Å². The van der Waals surface area contributed by atoms with Gasteiger partial charge >= 0.3 is 5.97 Å². The van der Waals surface area contributed by atoms with E-state index < -0.39 is 5.97 Å². The highest BCUT2D eigenvalue weighted by atomic mass is 35.5. The van der Waals surface area contributed by atoms with Crippen molar-refractivity contribution in [2.24, 2.45) is 5.73 Å². The second-order valence-electron chi connectivity index (χ2n) is 5.99. The van der Waals surface area contributed by atoms with E-state index in [0.29, 0.717) is 0 Å². The van der Waals surface area contributed by atoms with E-state index in [1.807, 2.05) is 24.3 Å². The Labute approximate surface area is 178 Å². The summed E-state index contributed by atoms with van der Waals surface area (Å²) < 4.78 is 0. The van der Waals surface area contributed by atoms with E-state index in [4.69, 9.17) is 16.6 Å². The number of carboxylic acids is 1. The SMILES string of the molecule is CN1CC=C(C=Cc2ccc(N)cc2)c2ccccc21.Cl.Cl.NCCC(=O)O. The molecule has 1 aliphatic heterocycles. The predicted octanol–water partition coefficient (Wildman–Crippen LogP) is 4.08. The Balaban J connectivity index is 0.000000804. The van der Waals surface area contributed by atoms with Crippen molar-refractivity contribution >= 4 is 53.8 Å². The summed E-state index contributed by atoms with van der Waals surface area (Å²) in [7, 11) is 2.12. The van der Waals surface area contributed by atoms with Gasteiger partial charge in [0.15, 0.2) is 0 Å². The number of fused-ring (bicyclic) bond motifs is 1. The normalized spacial score (nSPS) is 11.9. The number of likely N-dealkylation sites (N-methyl/N-ethyl adjacent to an activating group) is 1. The fourth-order valence-corrected chi connectivity index (χ4v) is 2.57. The minimum Gasteiger partial charge on any atom is -0.481 e. The van der Waals surface area contributed by atoms with E-state index in [1.165, 1.54) is 16.8 Å². The number of carboxylic acid groups (broad SMARTS) is 1. The van der Waals surface area contributed by atoms with Gasteiger partial charge in [-0.25, -0.2) is 0 Å². The number of benzene rings is 2. The van der Waals surface area contributed by atoms with E-state index in [2.05, 4.69) is 54.4 Å². The quantitative estimate of drug-likeness (QED) is 0.644. The zero-order chi connectivity index (χ0) is 18.9. The summed E-state index contributed by atoms with van der Waals surface area (Å²) in [6.45, 7) is 1.17. The highest BCUT2D eigenvalue weighted by molar-refractivity contribution is 5.87. The van der Waals surface area contributed by atoms with Gasteiger partial charge < -0.3 is 21.5 Å².